The second kappa shape index (κ2) is 7.64. The molecule has 0 aliphatic heterocycles. The summed E-state index contributed by atoms with van der Waals surface area (Å²) in [6.45, 7) is 0. The Balaban J connectivity index is 2.63. The molecule has 0 atom stereocenters. The third-order valence-electron chi connectivity index (χ3n) is 2.70. The van der Waals surface area contributed by atoms with E-state index < -0.39 is 9.84 Å². The fourth-order valence-corrected chi connectivity index (χ4v) is 3.46. The summed E-state index contributed by atoms with van der Waals surface area (Å²) in [5, 5.41) is 0. The largest absolute Gasteiger partial charge is 0.495 e. The van der Waals surface area contributed by atoms with Crippen LogP contribution in [0.2, 0.25) is 0 Å². The number of para-hydroxylation sites is 1. The lowest BCUT2D eigenvalue weighted by Crippen LogP contribution is -2.08. The second-order valence-corrected chi connectivity index (χ2v) is 6.53. The SMILES string of the molecule is COc1ccccc1S(=O)(=O)CCCCCCCl. The lowest BCUT2D eigenvalue weighted by atomic mass is 10.2. The van der Waals surface area contributed by atoms with E-state index >= 15 is 0 Å². The molecule has 0 amide bonds. The molecular formula is C13H19ClO3S. The van der Waals surface area contributed by atoms with Gasteiger partial charge in [-0.05, 0) is 25.0 Å². The molecule has 0 bridgehead atoms. The highest BCUT2D eigenvalue weighted by Crippen LogP contribution is 2.24. The van der Waals surface area contributed by atoms with Crippen molar-refractivity contribution in [1.29, 1.82) is 0 Å². The summed E-state index contributed by atoms with van der Waals surface area (Å²) >= 11 is 5.57. The normalized spacial score (nSPS) is 11.4. The highest BCUT2D eigenvalue weighted by atomic mass is 35.5. The van der Waals surface area contributed by atoms with Gasteiger partial charge in [0.15, 0.2) is 9.84 Å². The Morgan fingerprint density at radius 3 is 2.44 bits per heavy atom. The molecule has 0 aromatic heterocycles. The number of sulfone groups is 1. The maximum Gasteiger partial charge on any atom is 0.182 e. The van der Waals surface area contributed by atoms with E-state index in [9.17, 15) is 8.42 Å². The second-order valence-electron chi connectivity index (χ2n) is 4.07. The number of ether oxygens (including phenoxy) is 1. The molecule has 0 aliphatic rings. The minimum atomic E-state index is -3.25. The molecule has 1 aromatic carbocycles. The van der Waals surface area contributed by atoms with Gasteiger partial charge in [-0.3, -0.25) is 0 Å². The van der Waals surface area contributed by atoms with Crippen LogP contribution in [0.15, 0.2) is 29.2 Å². The maximum absolute atomic E-state index is 12.1. The van der Waals surface area contributed by atoms with Crippen molar-refractivity contribution >= 4 is 21.4 Å². The predicted molar refractivity (Wildman–Crippen MR) is 74.2 cm³/mol. The first-order valence-electron chi connectivity index (χ1n) is 6.03. The van der Waals surface area contributed by atoms with Gasteiger partial charge in [-0.2, -0.15) is 0 Å². The molecule has 1 rings (SSSR count). The molecule has 0 N–H and O–H groups in total. The van der Waals surface area contributed by atoms with Crippen LogP contribution in [-0.4, -0.2) is 27.2 Å². The van der Waals surface area contributed by atoms with Gasteiger partial charge in [0.1, 0.15) is 10.6 Å². The zero-order valence-corrected chi connectivity index (χ0v) is 12.1. The smallest absolute Gasteiger partial charge is 0.182 e. The molecule has 0 spiro atoms. The van der Waals surface area contributed by atoms with Gasteiger partial charge >= 0.3 is 0 Å². The minimum absolute atomic E-state index is 0.162. The Morgan fingerprint density at radius 2 is 1.78 bits per heavy atom. The number of rotatable bonds is 8. The molecule has 102 valence electrons. The van der Waals surface area contributed by atoms with Crippen molar-refractivity contribution < 1.29 is 13.2 Å². The molecule has 0 unspecified atom stereocenters. The molecule has 0 fully saturated rings. The average Bonchev–Trinajstić information content (AvgIpc) is 2.38. The molecule has 0 saturated heterocycles. The van der Waals surface area contributed by atoms with Gasteiger partial charge in [-0.25, -0.2) is 8.42 Å². The Kier molecular flexibility index (Phi) is 6.50. The van der Waals surface area contributed by atoms with Gasteiger partial charge in [0, 0.05) is 5.88 Å². The van der Waals surface area contributed by atoms with Crippen molar-refractivity contribution in [2.24, 2.45) is 0 Å². The van der Waals surface area contributed by atoms with Crippen LogP contribution >= 0.6 is 11.6 Å². The summed E-state index contributed by atoms with van der Waals surface area (Å²) in [6.07, 6.45) is 3.47. The highest BCUT2D eigenvalue weighted by Gasteiger charge is 2.18. The van der Waals surface area contributed by atoms with Gasteiger partial charge < -0.3 is 4.74 Å². The number of hydrogen-bond donors (Lipinski definition) is 0. The van der Waals surface area contributed by atoms with Crippen molar-refractivity contribution in [2.75, 3.05) is 18.7 Å². The van der Waals surface area contributed by atoms with E-state index in [-0.39, 0.29) is 10.6 Å². The molecule has 3 nitrogen and oxygen atoms in total. The number of hydrogen-bond acceptors (Lipinski definition) is 3. The maximum atomic E-state index is 12.1. The van der Waals surface area contributed by atoms with Crippen LogP contribution in [0.1, 0.15) is 25.7 Å². The highest BCUT2D eigenvalue weighted by molar-refractivity contribution is 7.91. The number of alkyl halides is 1. The molecule has 0 aliphatic carbocycles. The molecule has 0 radical (unpaired) electrons. The van der Waals surface area contributed by atoms with Gasteiger partial charge in [0.25, 0.3) is 0 Å². The predicted octanol–water partition coefficient (Wildman–Crippen LogP) is 3.27. The Bertz CT molecular complexity index is 457. The molecule has 1 aromatic rings. The standard InChI is InChI=1S/C13H19ClO3S/c1-17-12-8-4-5-9-13(12)18(15,16)11-7-3-2-6-10-14/h4-5,8-9H,2-3,6-7,10-11H2,1H3. The molecule has 0 heterocycles. The third-order valence-corrected chi connectivity index (χ3v) is 4.80. The van der Waals surface area contributed by atoms with Crippen LogP contribution in [0.4, 0.5) is 0 Å². The van der Waals surface area contributed by atoms with Crippen molar-refractivity contribution in [3.8, 4) is 5.75 Å². The summed E-state index contributed by atoms with van der Waals surface area (Å²) in [4.78, 5) is 0.282. The first-order valence-corrected chi connectivity index (χ1v) is 8.22. The molecule has 0 saturated carbocycles. The molecule has 18 heavy (non-hydrogen) atoms. The lowest BCUT2D eigenvalue weighted by molar-refractivity contribution is 0.402. The van der Waals surface area contributed by atoms with E-state index in [0.717, 1.165) is 19.3 Å². The van der Waals surface area contributed by atoms with Crippen LogP contribution in [0, 0.1) is 0 Å². The Labute approximate surface area is 114 Å². The van der Waals surface area contributed by atoms with Gasteiger partial charge in [-0.1, -0.05) is 25.0 Å². The fourth-order valence-electron chi connectivity index (χ4n) is 1.73. The summed E-state index contributed by atoms with van der Waals surface area (Å²) < 4.78 is 29.4. The quantitative estimate of drug-likeness (QED) is 0.545. The summed E-state index contributed by atoms with van der Waals surface area (Å²) in [5.74, 6) is 1.22. The van der Waals surface area contributed by atoms with E-state index in [2.05, 4.69) is 0 Å². The van der Waals surface area contributed by atoms with E-state index in [1.54, 1.807) is 24.3 Å². The van der Waals surface area contributed by atoms with E-state index in [0.29, 0.717) is 18.1 Å². The van der Waals surface area contributed by atoms with Gasteiger partial charge in [-0.15, -0.1) is 11.6 Å². The third kappa shape index (κ3) is 4.50. The molecular weight excluding hydrogens is 272 g/mol. The first-order chi connectivity index (χ1) is 8.61. The Hall–Kier alpha value is -0.740. The van der Waals surface area contributed by atoms with Crippen LogP contribution in [0.5, 0.6) is 5.75 Å². The van der Waals surface area contributed by atoms with Crippen molar-refractivity contribution in [1.82, 2.24) is 0 Å². The van der Waals surface area contributed by atoms with E-state index in [4.69, 9.17) is 16.3 Å². The zero-order valence-electron chi connectivity index (χ0n) is 10.6. The number of unbranched alkanes of at least 4 members (excludes halogenated alkanes) is 3. The van der Waals surface area contributed by atoms with E-state index in [1.165, 1.54) is 7.11 Å². The van der Waals surface area contributed by atoms with Crippen molar-refractivity contribution in [2.45, 2.75) is 30.6 Å². The minimum Gasteiger partial charge on any atom is -0.495 e. The van der Waals surface area contributed by atoms with Crippen LogP contribution < -0.4 is 4.74 Å². The van der Waals surface area contributed by atoms with Gasteiger partial charge in [0.05, 0.1) is 12.9 Å². The lowest BCUT2D eigenvalue weighted by Gasteiger charge is -2.09. The summed E-state index contributed by atoms with van der Waals surface area (Å²) in [7, 11) is -1.77. The number of halogens is 1. The van der Waals surface area contributed by atoms with Crippen LogP contribution in [0.25, 0.3) is 0 Å². The number of benzene rings is 1. The van der Waals surface area contributed by atoms with E-state index in [1.807, 2.05) is 0 Å². The van der Waals surface area contributed by atoms with Crippen LogP contribution in [-0.2, 0) is 9.84 Å². The fraction of sp³-hybridized carbons (Fsp3) is 0.538. The van der Waals surface area contributed by atoms with Gasteiger partial charge in [0.2, 0.25) is 0 Å². The van der Waals surface area contributed by atoms with Crippen molar-refractivity contribution in [3.05, 3.63) is 24.3 Å². The number of methoxy groups -OCH3 is 1. The zero-order chi connectivity index (χ0) is 13.4. The van der Waals surface area contributed by atoms with Crippen LogP contribution in [0.3, 0.4) is 0 Å². The van der Waals surface area contributed by atoms with Crippen molar-refractivity contribution in [3.63, 3.8) is 0 Å². The summed E-state index contributed by atoms with van der Waals surface area (Å²) in [5.41, 5.74) is 0. The monoisotopic (exact) mass is 290 g/mol. The summed E-state index contributed by atoms with van der Waals surface area (Å²) in [6, 6.07) is 6.73. The Morgan fingerprint density at radius 1 is 1.11 bits per heavy atom. The first kappa shape index (κ1) is 15.3. The topological polar surface area (TPSA) is 43.4 Å². The molecule has 5 heteroatoms. The average molecular weight is 291 g/mol.